The third-order valence-corrected chi connectivity index (χ3v) is 4.79. The van der Waals surface area contributed by atoms with Crippen LogP contribution in [0, 0.1) is 0 Å². The van der Waals surface area contributed by atoms with Gasteiger partial charge in [-0.15, -0.1) is 0 Å². The van der Waals surface area contributed by atoms with Crippen molar-refractivity contribution in [2.24, 2.45) is 0 Å². The van der Waals surface area contributed by atoms with Gasteiger partial charge in [-0.1, -0.05) is 48.0 Å². The Morgan fingerprint density at radius 2 is 1.89 bits per heavy atom. The van der Waals surface area contributed by atoms with Gasteiger partial charge in [0, 0.05) is 41.7 Å². The number of carbonyl (C=O) groups excluding carboxylic acids is 1. The highest BCUT2D eigenvalue weighted by molar-refractivity contribution is 6.31. The van der Waals surface area contributed by atoms with Crippen LogP contribution in [0.3, 0.4) is 0 Å². The van der Waals surface area contributed by atoms with Crippen LogP contribution in [0.4, 0.5) is 0 Å². The molecule has 0 aliphatic heterocycles. The van der Waals surface area contributed by atoms with Crippen molar-refractivity contribution in [3.05, 3.63) is 70.9 Å². The summed E-state index contributed by atoms with van der Waals surface area (Å²) >= 11 is 6.46. The van der Waals surface area contributed by atoms with Gasteiger partial charge in [-0.05, 0) is 23.3 Å². The summed E-state index contributed by atoms with van der Waals surface area (Å²) < 4.78 is 10.2. The molecule has 2 aromatic carbocycles. The number of methoxy groups -OCH3 is 1. The van der Waals surface area contributed by atoms with Gasteiger partial charge in [0.05, 0.1) is 13.2 Å². The molecule has 1 atom stereocenters. The largest absolute Gasteiger partial charge is 0.382 e. The number of aromatic nitrogens is 1. The van der Waals surface area contributed by atoms with Gasteiger partial charge in [0.15, 0.2) is 0 Å². The molecule has 1 heterocycles. The first-order valence-electron chi connectivity index (χ1n) is 8.84. The van der Waals surface area contributed by atoms with Crippen LogP contribution in [0.25, 0.3) is 10.9 Å². The Balaban J connectivity index is 1.79. The number of ether oxygens (including phenoxy) is 2. The minimum Gasteiger partial charge on any atom is -0.382 e. The molecule has 0 aliphatic carbocycles. The number of amides is 1. The van der Waals surface area contributed by atoms with Crippen molar-refractivity contribution in [2.75, 3.05) is 33.5 Å². The van der Waals surface area contributed by atoms with Gasteiger partial charge in [0.25, 0.3) is 0 Å². The number of hydrogen-bond acceptors (Lipinski definition) is 3. The molecule has 6 heteroatoms. The van der Waals surface area contributed by atoms with Gasteiger partial charge >= 0.3 is 0 Å². The van der Waals surface area contributed by atoms with Gasteiger partial charge in [0.1, 0.15) is 6.61 Å². The van der Waals surface area contributed by atoms with E-state index in [-0.39, 0.29) is 18.4 Å². The lowest BCUT2D eigenvalue weighted by molar-refractivity contribution is -0.126. The maximum Gasteiger partial charge on any atom is 0.246 e. The zero-order valence-electron chi connectivity index (χ0n) is 15.2. The second-order valence-corrected chi connectivity index (χ2v) is 6.62. The lowest BCUT2D eigenvalue weighted by atomic mass is 9.91. The number of para-hydroxylation sites is 1. The van der Waals surface area contributed by atoms with E-state index in [0.29, 0.717) is 24.8 Å². The lowest BCUT2D eigenvalue weighted by Crippen LogP contribution is -2.32. The van der Waals surface area contributed by atoms with Gasteiger partial charge in [-0.2, -0.15) is 0 Å². The molecule has 0 fully saturated rings. The molecule has 0 radical (unpaired) electrons. The molecular formula is C21H23ClN2O3. The van der Waals surface area contributed by atoms with Gasteiger partial charge < -0.3 is 19.8 Å². The number of fused-ring (bicyclic) bond motifs is 1. The molecular weight excluding hydrogens is 364 g/mol. The van der Waals surface area contributed by atoms with Gasteiger partial charge in [0.2, 0.25) is 5.91 Å². The fourth-order valence-electron chi connectivity index (χ4n) is 3.10. The van der Waals surface area contributed by atoms with E-state index in [1.54, 1.807) is 7.11 Å². The summed E-state index contributed by atoms with van der Waals surface area (Å²) in [7, 11) is 1.60. The third kappa shape index (κ3) is 4.89. The van der Waals surface area contributed by atoms with Crippen molar-refractivity contribution >= 4 is 28.4 Å². The number of benzene rings is 2. The first kappa shape index (κ1) is 19.4. The van der Waals surface area contributed by atoms with Crippen LogP contribution in [0.5, 0.6) is 0 Å². The minimum absolute atomic E-state index is 0.00643. The van der Waals surface area contributed by atoms with Crippen molar-refractivity contribution < 1.29 is 14.3 Å². The monoisotopic (exact) mass is 386 g/mol. The topological polar surface area (TPSA) is 63.4 Å². The molecule has 5 nitrogen and oxygen atoms in total. The fourth-order valence-corrected chi connectivity index (χ4v) is 3.37. The van der Waals surface area contributed by atoms with Crippen molar-refractivity contribution in [3.63, 3.8) is 0 Å². The Morgan fingerprint density at radius 3 is 2.70 bits per heavy atom. The molecule has 2 N–H and O–H groups in total. The predicted molar refractivity (Wildman–Crippen MR) is 107 cm³/mol. The van der Waals surface area contributed by atoms with E-state index in [9.17, 15) is 4.79 Å². The van der Waals surface area contributed by atoms with E-state index < -0.39 is 0 Å². The van der Waals surface area contributed by atoms with Crippen LogP contribution >= 0.6 is 11.6 Å². The molecule has 0 spiro atoms. The normalized spacial score (nSPS) is 12.2. The van der Waals surface area contributed by atoms with Crippen molar-refractivity contribution in [3.8, 4) is 0 Å². The zero-order chi connectivity index (χ0) is 19.1. The number of carbonyl (C=O) groups is 1. The van der Waals surface area contributed by atoms with Crippen LogP contribution in [-0.4, -0.2) is 44.4 Å². The molecule has 0 aliphatic rings. The van der Waals surface area contributed by atoms with E-state index in [0.717, 1.165) is 22.0 Å². The van der Waals surface area contributed by atoms with Crippen molar-refractivity contribution in [2.45, 2.75) is 5.92 Å². The van der Waals surface area contributed by atoms with E-state index in [1.807, 2.05) is 48.7 Å². The maximum atomic E-state index is 12.1. The first-order chi connectivity index (χ1) is 13.2. The van der Waals surface area contributed by atoms with Crippen LogP contribution < -0.4 is 5.32 Å². The molecule has 0 saturated heterocycles. The molecule has 3 aromatic rings. The molecule has 1 amide bonds. The Kier molecular flexibility index (Phi) is 6.87. The predicted octanol–water partition coefficient (Wildman–Crippen LogP) is 3.73. The average molecular weight is 387 g/mol. The third-order valence-electron chi connectivity index (χ3n) is 4.45. The van der Waals surface area contributed by atoms with Crippen LogP contribution in [0.15, 0.2) is 54.7 Å². The van der Waals surface area contributed by atoms with Crippen LogP contribution in [-0.2, 0) is 14.3 Å². The number of rotatable bonds is 9. The molecule has 1 unspecified atom stereocenters. The minimum atomic E-state index is -0.164. The highest BCUT2D eigenvalue weighted by Gasteiger charge is 2.21. The summed E-state index contributed by atoms with van der Waals surface area (Å²) in [6.07, 6.45) is 1.99. The maximum absolute atomic E-state index is 12.1. The van der Waals surface area contributed by atoms with E-state index >= 15 is 0 Å². The molecule has 0 saturated carbocycles. The number of halogens is 1. The average Bonchev–Trinajstić information content (AvgIpc) is 3.11. The SMILES string of the molecule is COCCOCC(=O)NCC(c1ccccc1Cl)c1c[nH]c2ccccc12. The summed E-state index contributed by atoms with van der Waals surface area (Å²) in [5, 5.41) is 4.76. The summed E-state index contributed by atoms with van der Waals surface area (Å²) in [5.74, 6) is -0.235. The molecule has 0 bridgehead atoms. The number of H-pyrrole nitrogens is 1. The molecule has 142 valence electrons. The molecule has 3 rings (SSSR count). The van der Waals surface area contributed by atoms with Gasteiger partial charge in [-0.3, -0.25) is 4.79 Å². The fraction of sp³-hybridized carbons (Fsp3) is 0.286. The number of nitrogens with one attached hydrogen (secondary N) is 2. The van der Waals surface area contributed by atoms with Crippen molar-refractivity contribution in [1.29, 1.82) is 0 Å². The number of hydrogen-bond donors (Lipinski definition) is 2. The second-order valence-electron chi connectivity index (χ2n) is 6.21. The lowest BCUT2D eigenvalue weighted by Gasteiger charge is -2.19. The zero-order valence-corrected chi connectivity index (χ0v) is 16.0. The molecule has 1 aromatic heterocycles. The van der Waals surface area contributed by atoms with E-state index in [2.05, 4.69) is 16.4 Å². The Labute approximate surface area is 163 Å². The highest BCUT2D eigenvalue weighted by atomic mass is 35.5. The van der Waals surface area contributed by atoms with Crippen molar-refractivity contribution in [1.82, 2.24) is 10.3 Å². The number of aromatic amines is 1. The Hall–Kier alpha value is -2.34. The van der Waals surface area contributed by atoms with Crippen LogP contribution in [0.2, 0.25) is 5.02 Å². The Morgan fingerprint density at radius 1 is 1.11 bits per heavy atom. The van der Waals surface area contributed by atoms with E-state index in [4.69, 9.17) is 21.1 Å². The first-order valence-corrected chi connectivity index (χ1v) is 9.22. The quantitative estimate of drug-likeness (QED) is 0.551. The standard InChI is InChI=1S/C21H23ClN2O3/c1-26-10-11-27-14-21(25)24-13-17(15-6-2-4-8-19(15)22)18-12-23-20-9-5-3-7-16(18)20/h2-9,12,17,23H,10-11,13-14H2,1H3,(H,24,25). The summed E-state index contributed by atoms with van der Waals surface area (Å²) in [4.78, 5) is 15.4. The van der Waals surface area contributed by atoms with Crippen LogP contribution in [0.1, 0.15) is 17.0 Å². The molecule has 27 heavy (non-hydrogen) atoms. The summed E-state index contributed by atoms with van der Waals surface area (Å²) in [5.41, 5.74) is 3.13. The second kappa shape index (κ2) is 9.55. The van der Waals surface area contributed by atoms with Gasteiger partial charge in [-0.25, -0.2) is 0 Å². The summed E-state index contributed by atoms with van der Waals surface area (Å²) in [6.45, 7) is 1.29. The smallest absolute Gasteiger partial charge is 0.246 e. The highest BCUT2D eigenvalue weighted by Crippen LogP contribution is 2.33. The summed E-state index contributed by atoms with van der Waals surface area (Å²) in [6, 6.07) is 15.8. The Bertz CT molecular complexity index is 894. The van der Waals surface area contributed by atoms with E-state index in [1.165, 1.54) is 0 Å².